The number of nitrogens with zero attached hydrogens (tertiary/aromatic N) is 2. The number of aryl methyl sites for hydroxylation is 2. The van der Waals surface area contributed by atoms with Crippen LogP contribution in [0.15, 0.2) is 30.3 Å². The Morgan fingerprint density at radius 3 is 2.81 bits per heavy atom. The third kappa shape index (κ3) is 3.35. The van der Waals surface area contributed by atoms with Gasteiger partial charge < -0.3 is 10.4 Å². The third-order valence-corrected chi connectivity index (χ3v) is 5.91. The lowest BCUT2D eigenvalue weighted by atomic mass is 10.0. The summed E-state index contributed by atoms with van der Waals surface area (Å²) >= 11 is 1.71. The number of aromatic nitrogens is 3. The number of carbonyl (C=O) groups is 1. The molecule has 0 bridgehead atoms. The second-order valence-corrected chi connectivity index (χ2v) is 7.65. The minimum atomic E-state index is -0.205. The first kappa shape index (κ1) is 16.8. The van der Waals surface area contributed by atoms with Gasteiger partial charge in [-0.15, -0.1) is 11.3 Å². The molecule has 2 heterocycles. The molecule has 4 rings (SSSR count). The van der Waals surface area contributed by atoms with Gasteiger partial charge in [0, 0.05) is 10.4 Å². The molecule has 2 aromatic heterocycles. The van der Waals surface area contributed by atoms with Crippen molar-refractivity contribution in [2.45, 2.75) is 38.6 Å². The van der Waals surface area contributed by atoms with Crippen molar-refractivity contribution in [3.63, 3.8) is 0 Å². The Morgan fingerprint density at radius 2 is 2.04 bits per heavy atom. The van der Waals surface area contributed by atoms with E-state index in [1.807, 2.05) is 6.92 Å². The Balaban J connectivity index is 1.46. The SMILES string of the molecule is CC(NC(=O)c1cc(-c2ccc(O)cc2)n[nH]1)c1nc2c(s1)CCCC2. The van der Waals surface area contributed by atoms with Crippen molar-refractivity contribution >= 4 is 17.2 Å². The summed E-state index contributed by atoms with van der Waals surface area (Å²) in [6.45, 7) is 1.96. The summed E-state index contributed by atoms with van der Waals surface area (Å²) in [7, 11) is 0. The van der Waals surface area contributed by atoms with Crippen LogP contribution in [0.3, 0.4) is 0 Å². The summed E-state index contributed by atoms with van der Waals surface area (Å²) in [5.74, 6) is -0.00887. The number of phenols is 1. The van der Waals surface area contributed by atoms with E-state index in [2.05, 4.69) is 15.5 Å². The van der Waals surface area contributed by atoms with E-state index >= 15 is 0 Å². The van der Waals surface area contributed by atoms with Crippen LogP contribution in [0.4, 0.5) is 0 Å². The minimum Gasteiger partial charge on any atom is -0.508 e. The lowest BCUT2D eigenvalue weighted by molar-refractivity contribution is 0.0934. The maximum absolute atomic E-state index is 12.5. The van der Waals surface area contributed by atoms with E-state index in [0.717, 1.165) is 23.4 Å². The second-order valence-electron chi connectivity index (χ2n) is 6.54. The first-order valence-corrected chi connectivity index (χ1v) is 9.56. The van der Waals surface area contributed by atoms with Gasteiger partial charge in [-0.3, -0.25) is 9.89 Å². The Kier molecular flexibility index (Phi) is 4.46. The molecule has 1 unspecified atom stereocenters. The number of carbonyl (C=O) groups excluding carboxylic acids is 1. The predicted octanol–water partition coefficient (Wildman–Crippen LogP) is 3.61. The number of phenolic OH excluding ortho intramolecular Hbond substituents is 1. The number of fused-ring (bicyclic) bond motifs is 1. The number of aromatic hydroxyl groups is 1. The highest BCUT2D eigenvalue weighted by Crippen LogP contribution is 2.30. The smallest absolute Gasteiger partial charge is 0.269 e. The van der Waals surface area contributed by atoms with Gasteiger partial charge in [-0.1, -0.05) is 0 Å². The van der Waals surface area contributed by atoms with E-state index in [4.69, 9.17) is 4.98 Å². The zero-order chi connectivity index (χ0) is 18.1. The van der Waals surface area contributed by atoms with Crippen molar-refractivity contribution in [3.05, 3.63) is 51.6 Å². The zero-order valence-corrected chi connectivity index (χ0v) is 15.3. The minimum absolute atomic E-state index is 0.140. The summed E-state index contributed by atoms with van der Waals surface area (Å²) < 4.78 is 0. The van der Waals surface area contributed by atoms with E-state index in [1.54, 1.807) is 41.7 Å². The van der Waals surface area contributed by atoms with E-state index in [-0.39, 0.29) is 17.7 Å². The van der Waals surface area contributed by atoms with E-state index in [0.29, 0.717) is 11.4 Å². The molecule has 1 atom stereocenters. The van der Waals surface area contributed by atoms with Crippen LogP contribution >= 0.6 is 11.3 Å². The molecule has 134 valence electrons. The lowest BCUT2D eigenvalue weighted by Crippen LogP contribution is -2.26. The Hall–Kier alpha value is -2.67. The first-order valence-electron chi connectivity index (χ1n) is 8.74. The molecule has 3 aromatic rings. The summed E-state index contributed by atoms with van der Waals surface area (Å²) in [5.41, 5.74) is 3.10. The molecule has 26 heavy (non-hydrogen) atoms. The Labute approximate surface area is 155 Å². The fraction of sp³-hybridized carbons (Fsp3) is 0.316. The summed E-state index contributed by atoms with van der Waals surface area (Å²) in [6.07, 6.45) is 4.57. The fourth-order valence-corrected chi connectivity index (χ4v) is 4.27. The van der Waals surface area contributed by atoms with Gasteiger partial charge in [0.15, 0.2) is 0 Å². The highest BCUT2D eigenvalue weighted by atomic mass is 32.1. The highest BCUT2D eigenvalue weighted by Gasteiger charge is 2.20. The van der Waals surface area contributed by atoms with E-state index in [9.17, 15) is 9.90 Å². The van der Waals surface area contributed by atoms with Gasteiger partial charge in [-0.05, 0) is 62.9 Å². The molecule has 7 heteroatoms. The van der Waals surface area contributed by atoms with Crippen LogP contribution in [-0.4, -0.2) is 26.2 Å². The van der Waals surface area contributed by atoms with Gasteiger partial charge >= 0.3 is 0 Å². The van der Waals surface area contributed by atoms with Crippen LogP contribution in [-0.2, 0) is 12.8 Å². The topological polar surface area (TPSA) is 90.9 Å². The number of thiazole rings is 1. The molecule has 1 amide bonds. The predicted molar refractivity (Wildman–Crippen MR) is 100 cm³/mol. The monoisotopic (exact) mass is 368 g/mol. The number of hydrogen-bond acceptors (Lipinski definition) is 5. The summed E-state index contributed by atoms with van der Waals surface area (Å²) in [6, 6.07) is 8.28. The van der Waals surface area contributed by atoms with Crippen molar-refractivity contribution < 1.29 is 9.90 Å². The first-order chi connectivity index (χ1) is 12.6. The molecule has 1 aromatic carbocycles. The molecule has 0 fully saturated rings. The van der Waals surface area contributed by atoms with E-state index in [1.165, 1.54) is 23.4 Å². The van der Waals surface area contributed by atoms with Gasteiger partial charge in [0.25, 0.3) is 5.91 Å². The molecule has 3 N–H and O–H groups in total. The maximum atomic E-state index is 12.5. The quantitative estimate of drug-likeness (QED) is 0.656. The van der Waals surface area contributed by atoms with Crippen molar-refractivity contribution in [3.8, 4) is 17.0 Å². The summed E-state index contributed by atoms with van der Waals surface area (Å²) in [4.78, 5) is 18.6. The normalized spacial score (nSPS) is 14.7. The van der Waals surface area contributed by atoms with Gasteiger partial charge in [0.2, 0.25) is 0 Å². The van der Waals surface area contributed by atoms with Crippen molar-refractivity contribution in [2.75, 3.05) is 0 Å². The number of amides is 1. The standard InChI is InChI=1S/C19H20N4O2S/c1-11(19-21-14-4-2-3-5-17(14)26-19)20-18(25)16-10-15(22-23-16)12-6-8-13(24)9-7-12/h6-11,24H,2-5H2,1H3,(H,20,25)(H,22,23). The highest BCUT2D eigenvalue weighted by molar-refractivity contribution is 7.11. The van der Waals surface area contributed by atoms with Crippen LogP contribution < -0.4 is 5.32 Å². The van der Waals surface area contributed by atoms with Gasteiger partial charge in [0.1, 0.15) is 16.5 Å². The zero-order valence-electron chi connectivity index (χ0n) is 14.5. The van der Waals surface area contributed by atoms with Crippen LogP contribution in [0.1, 0.15) is 51.9 Å². The molecule has 0 saturated heterocycles. The van der Waals surface area contributed by atoms with Crippen molar-refractivity contribution in [2.24, 2.45) is 0 Å². The van der Waals surface area contributed by atoms with E-state index < -0.39 is 0 Å². The molecular weight excluding hydrogens is 348 g/mol. The lowest BCUT2D eigenvalue weighted by Gasteiger charge is -2.09. The third-order valence-electron chi connectivity index (χ3n) is 4.57. The van der Waals surface area contributed by atoms with Crippen LogP contribution in [0.2, 0.25) is 0 Å². The molecule has 1 aliphatic carbocycles. The average Bonchev–Trinajstić information content (AvgIpc) is 3.29. The molecule has 0 spiro atoms. The summed E-state index contributed by atoms with van der Waals surface area (Å²) in [5, 5.41) is 20.3. The molecular formula is C19H20N4O2S. The number of benzene rings is 1. The molecule has 6 nitrogen and oxygen atoms in total. The van der Waals surface area contributed by atoms with Gasteiger partial charge in [0.05, 0.1) is 17.4 Å². The molecule has 0 saturated carbocycles. The molecule has 1 aliphatic rings. The molecule has 0 radical (unpaired) electrons. The van der Waals surface area contributed by atoms with Crippen LogP contribution in [0.25, 0.3) is 11.3 Å². The number of nitrogens with one attached hydrogen (secondary N) is 2. The van der Waals surface area contributed by atoms with Crippen molar-refractivity contribution in [1.29, 1.82) is 0 Å². The maximum Gasteiger partial charge on any atom is 0.269 e. The fourth-order valence-electron chi connectivity index (χ4n) is 3.11. The van der Waals surface area contributed by atoms with Gasteiger partial charge in [-0.25, -0.2) is 4.98 Å². The largest absolute Gasteiger partial charge is 0.508 e. The van der Waals surface area contributed by atoms with Crippen LogP contribution in [0, 0.1) is 0 Å². The number of hydrogen-bond donors (Lipinski definition) is 3. The average molecular weight is 368 g/mol. The van der Waals surface area contributed by atoms with Crippen molar-refractivity contribution in [1.82, 2.24) is 20.5 Å². The Morgan fingerprint density at radius 1 is 1.27 bits per heavy atom. The second kappa shape index (κ2) is 6.92. The van der Waals surface area contributed by atoms with Crippen LogP contribution in [0.5, 0.6) is 5.75 Å². The Bertz CT molecular complexity index is 906. The number of aromatic amines is 1. The number of H-pyrrole nitrogens is 1. The number of rotatable bonds is 4. The molecule has 0 aliphatic heterocycles. The van der Waals surface area contributed by atoms with Gasteiger partial charge in [-0.2, -0.15) is 5.10 Å².